The van der Waals surface area contributed by atoms with Gasteiger partial charge in [-0.3, -0.25) is 9.59 Å². The highest BCUT2D eigenvalue weighted by atomic mass is 16.7. The molecule has 3 unspecified atom stereocenters. The molecule has 4 atom stereocenters. The molecule has 1 saturated heterocycles. The monoisotopic (exact) mass is 500 g/mol. The minimum atomic E-state index is -1.06. The number of hydrogen-bond donors (Lipinski definition) is 1. The first-order chi connectivity index (χ1) is 17.3. The third-order valence-electron chi connectivity index (χ3n) is 6.10. The van der Waals surface area contributed by atoms with Crippen molar-refractivity contribution in [2.45, 2.75) is 39.3 Å². The summed E-state index contributed by atoms with van der Waals surface area (Å²) in [6, 6.07) is 10.5. The molecule has 0 saturated carbocycles. The molecule has 1 aromatic heterocycles. The predicted molar refractivity (Wildman–Crippen MR) is 128 cm³/mol. The van der Waals surface area contributed by atoms with Crippen molar-refractivity contribution in [2.75, 3.05) is 27.1 Å². The molecule has 194 valence electrons. The summed E-state index contributed by atoms with van der Waals surface area (Å²) in [7, 11) is 1.40. The zero-order valence-corrected chi connectivity index (χ0v) is 20.9. The fraction of sp³-hybridized carbons (Fsp3) is 0.462. The van der Waals surface area contributed by atoms with E-state index in [2.05, 4.69) is 22.4 Å². The van der Waals surface area contributed by atoms with E-state index in [-0.39, 0.29) is 41.7 Å². The number of ether oxygens (including phenoxy) is 5. The van der Waals surface area contributed by atoms with Crippen molar-refractivity contribution in [3.63, 3.8) is 0 Å². The molecule has 1 fully saturated rings. The number of nitrogens with one attached hydrogen (secondary N) is 1. The van der Waals surface area contributed by atoms with Crippen LogP contribution >= 0.6 is 0 Å². The van der Waals surface area contributed by atoms with E-state index in [0.717, 1.165) is 6.42 Å². The Morgan fingerprint density at radius 3 is 2.58 bits per heavy atom. The number of benzene rings is 1. The highest BCUT2D eigenvalue weighted by Gasteiger charge is 2.33. The molecule has 0 radical (unpaired) electrons. The van der Waals surface area contributed by atoms with E-state index in [1.807, 2.05) is 32.0 Å². The van der Waals surface area contributed by atoms with Crippen LogP contribution in [0, 0.1) is 11.8 Å². The molecule has 1 aliphatic rings. The lowest BCUT2D eigenvalue weighted by Crippen LogP contribution is -2.46. The molecule has 0 bridgehead atoms. The maximum absolute atomic E-state index is 13.1. The number of cyclic esters (lactones) is 1. The Morgan fingerprint density at radius 1 is 1.14 bits per heavy atom. The summed E-state index contributed by atoms with van der Waals surface area (Å²) in [4.78, 5) is 41.2. The normalized spacial score (nSPS) is 22.3. The lowest BCUT2D eigenvalue weighted by atomic mass is 9.85. The number of amides is 1. The highest BCUT2D eigenvalue weighted by molar-refractivity contribution is 5.98. The number of carbonyl (C=O) groups is 3. The maximum Gasteiger partial charge on any atom is 0.331 e. The number of esters is 2. The number of methoxy groups -OCH3 is 1. The van der Waals surface area contributed by atoms with Crippen molar-refractivity contribution in [1.82, 2.24) is 10.3 Å². The summed E-state index contributed by atoms with van der Waals surface area (Å²) in [5, 5.41) is 2.63. The smallest absolute Gasteiger partial charge is 0.331 e. The molecule has 10 nitrogen and oxygen atoms in total. The fourth-order valence-corrected chi connectivity index (χ4v) is 3.87. The van der Waals surface area contributed by atoms with E-state index in [1.54, 1.807) is 0 Å². The molecule has 2 heterocycles. The number of pyridine rings is 1. The predicted octanol–water partition coefficient (Wildman–Crippen LogP) is 2.54. The molecule has 10 heteroatoms. The Kier molecular flexibility index (Phi) is 9.63. The first kappa shape index (κ1) is 26.9. The summed E-state index contributed by atoms with van der Waals surface area (Å²) in [6.45, 7) is 4.99. The van der Waals surface area contributed by atoms with Gasteiger partial charge in [0.2, 0.25) is 6.79 Å². The van der Waals surface area contributed by atoms with Gasteiger partial charge in [-0.25, -0.2) is 9.78 Å². The summed E-state index contributed by atoms with van der Waals surface area (Å²) in [5.74, 6) is -1.52. The highest BCUT2D eigenvalue weighted by Crippen LogP contribution is 2.30. The SMILES string of the molecule is COc1ccnc(C(=O)N[C@H]2COCC(Cc3ccccc3)C(C)C(C)OC2=O)c1OCOC(C)=O. The van der Waals surface area contributed by atoms with E-state index >= 15 is 0 Å². The average Bonchev–Trinajstić information content (AvgIpc) is 2.90. The van der Waals surface area contributed by atoms with E-state index in [0.29, 0.717) is 6.61 Å². The van der Waals surface area contributed by atoms with E-state index in [1.165, 1.54) is 31.9 Å². The lowest BCUT2D eigenvalue weighted by Gasteiger charge is -2.27. The van der Waals surface area contributed by atoms with Crippen molar-refractivity contribution in [3.05, 3.63) is 53.9 Å². The van der Waals surface area contributed by atoms with Crippen LogP contribution in [-0.2, 0) is 30.2 Å². The molecular weight excluding hydrogens is 468 g/mol. The molecule has 1 aromatic carbocycles. The van der Waals surface area contributed by atoms with Gasteiger partial charge < -0.3 is 29.0 Å². The number of aromatic nitrogens is 1. The molecular formula is C26H32N2O8. The van der Waals surface area contributed by atoms with Gasteiger partial charge in [0.15, 0.2) is 23.2 Å². The first-order valence-corrected chi connectivity index (χ1v) is 11.7. The minimum absolute atomic E-state index is 0.0268. The van der Waals surface area contributed by atoms with Crippen molar-refractivity contribution < 1.29 is 38.1 Å². The van der Waals surface area contributed by atoms with Crippen LogP contribution in [0.2, 0.25) is 0 Å². The second-order valence-electron chi connectivity index (χ2n) is 8.60. The van der Waals surface area contributed by atoms with Gasteiger partial charge in [-0.1, -0.05) is 37.3 Å². The molecule has 0 spiro atoms. The van der Waals surface area contributed by atoms with Crippen LogP contribution in [-0.4, -0.2) is 62.1 Å². The number of nitrogens with zero attached hydrogens (tertiary/aromatic N) is 1. The Bertz CT molecular complexity index is 1050. The van der Waals surface area contributed by atoms with Crippen LogP contribution in [0.5, 0.6) is 11.5 Å². The van der Waals surface area contributed by atoms with Crippen LogP contribution < -0.4 is 14.8 Å². The van der Waals surface area contributed by atoms with Crippen LogP contribution in [0.25, 0.3) is 0 Å². The van der Waals surface area contributed by atoms with E-state index < -0.39 is 30.7 Å². The molecule has 1 amide bonds. The first-order valence-electron chi connectivity index (χ1n) is 11.7. The third-order valence-corrected chi connectivity index (χ3v) is 6.10. The average molecular weight is 501 g/mol. The number of carbonyl (C=O) groups excluding carboxylic acids is 3. The molecule has 3 rings (SSSR count). The summed E-state index contributed by atoms with van der Waals surface area (Å²) in [5.41, 5.74) is 1.03. The second-order valence-corrected chi connectivity index (χ2v) is 8.60. The number of rotatable bonds is 8. The van der Waals surface area contributed by atoms with Crippen molar-refractivity contribution in [3.8, 4) is 11.5 Å². The van der Waals surface area contributed by atoms with Crippen molar-refractivity contribution >= 4 is 17.8 Å². The van der Waals surface area contributed by atoms with Crippen LogP contribution in [0.1, 0.15) is 36.8 Å². The molecule has 0 aliphatic carbocycles. The second kappa shape index (κ2) is 12.9. The maximum atomic E-state index is 13.1. The summed E-state index contributed by atoms with van der Waals surface area (Å²) in [6.07, 6.45) is 1.75. The molecule has 1 N–H and O–H groups in total. The van der Waals surface area contributed by atoms with Gasteiger partial charge >= 0.3 is 11.9 Å². The summed E-state index contributed by atoms with van der Waals surface area (Å²) < 4.78 is 27.1. The van der Waals surface area contributed by atoms with Gasteiger partial charge in [-0.15, -0.1) is 0 Å². The van der Waals surface area contributed by atoms with Gasteiger partial charge in [0.25, 0.3) is 5.91 Å². The fourth-order valence-electron chi connectivity index (χ4n) is 3.87. The zero-order chi connectivity index (χ0) is 26.1. The molecule has 1 aliphatic heterocycles. The van der Waals surface area contributed by atoms with E-state index in [4.69, 9.17) is 23.7 Å². The van der Waals surface area contributed by atoms with Crippen molar-refractivity contribution in [2.24, 2.45) is 11.8 Å². The van der Waals surface area contributed by atoms with E-state index in [9.17, 15) is 14.4 Å². The Labute approximate surface area is 210 Å². The third kappa shape index (κ3) is 7.17. The Hall–Kier alpha value is -3.66. The van der Waals surface area contributed by atoms with Gasteiger partial charge in [0, 0.05) is 19.2 Å². The van der Waals surface area contributed by atoms with Crippen LogP contribution in [0.3, 0.4) is 0 Å². The van der Waals surface area contributed by atoms with Gasteiger partial charge in [0.1, 0.15) is 6.10 Å². The van der Waals surface area contributed by atoms with Crippen molar-refractivity contribution in [1.29, 1.82) is 0 Å². The summed E-state index contributed by atoms with van der Waals surface area (Å²) >= 11 is 0. The Morgan fingerprint density at radius 2 is 1.89 bits per heavy atom. The zero-order valence-electron chi connectivity index (χ0n) is 20.9. The standard InChI is InChI=1S/C26H32N2O8/c1-16-17(2)36-26(31)21(14-33-13-20(16)12-19-8-6-5-7-9-19)28-25(30)23-24(35-15-34-18(3)29)22(32-4)10-11-27-23/h5-11,16-17,20-21H,12-15H2,1-4H3,(H,28,30)/t16?,17?,20?,21-/m0/s1. The van der Waals surface area contributed by atoms with Crippen LogP contribution in [0.4, 0.5) is 0 Å². The largest absolute Gasteiger partial charge is 0.493 e. The minimum Gasteiger partial charge on any atom is -0.493 e. The molecule has 2 aromatic rings. The Balaban J connectivity index is 1.73. The van der Waals surface area contributed by atoms with Gasteiger partial charge in [0.05, 0.1) is 20.3 Å². The van der Waals surface area contributed by atoms with Gasteiger partial charge in [-0.2, -0.15) is 0 Å². The topological polar surface area (TPSA) is 122 Å². The van der Waals surface area contributed by atoms with Crippen LogP contribution in [0.15, 0.2) is 42.6 Å². The van der Waals surface area contributed by atoms with Gasteiger partial charge in [-0.05, 0) is 30.7 Å². The lowest BCUT2D eigenvalue weighted by molar-refractivity contribution is -0.153. The molecule has 36 heavy (non-hydrogen) atoms. The number of hydrogen-bond acceptors (Lipinski definition) is 9. The quantitative estimate of drug-likeness (QED) is 0.430.